The molecule has 0 bridgehead atoms. The van der Waals surface area contributed by atoms with Gasteiger partial charge in [-0.2, -0.15) is 4.73 Å². The molecule has 1 aliphatic carbocycles. The van der Waals surface area contributed by atoms with Crippen LogP contribution in [0.5, 0.6) is 0 Å². The summed E-state index contributed by atoms with van der Waals surface area (Å²) in [5.41, 5.74) is 2.52. The molecule has 5 rings (SSSR count). The first-order valence-electron chi connectivity index (χ1n) is 10.4. The zero-order valence-corrected chi connectivity index (χ0v) is 17.2. The summed E-state index contributed by atoms with van der Waals surface area (Å²) in [6, 6.07) is 7.10. The van der Waals surface area contributed by atoms with Crippen molar-refractivity contribution in [1.82, 2.24) is 25.0 Å². The van der Waals surface area contributed by atoms with Crippen LogP contribution in [0.2, 0.25) is 0 Å². The summed E-state index contributed by atoms with van der Waals surface area (Å²) < 4.78 is 1.06. The van der Waals surface area contributed by atoms with Crippen molar-refractivity contribution in [2.24, 2.45) is 4.99 Å². The van der Waals surface area contributed by atoms with Gasteiger partial charge < -0.3 is 15.8 Å². The Morgan fingerprint density at radius 1 is 1.23 bits per heavy atom. The van der Waals surface area contributed by atoms with Crippen LogP contribution >= 0.6 is 0 Å². The molecule has 0 radical (unpaired) electrons. The third kappa shape index (κ3) is 3.41. The molecule has 158 valence electrons. The Morgan fingerprint density at radius 2 is 2.06 bits per heavy atom. The Kier molecular flexibility index (Phi) is 4.65. The molecule has 3 aromatic heterocycles. The average molecular weight is 417 g/mol. The van der Waals surface area contributed by atoms with Crippen LogP contribution in [0, 0.1) is 6.92 Å². The van der Waals surface area contributed by atoms with Gasteiger partial charge >= 0.3 is 0 Å². The second-order valence-corrected chi connectivity index (χ2v) is 8.06. The second kappa shape index (κ2) is 7.50. The van der Waals surface area contributed by atoms with Gasteiger partial charge in [0.05, 0.1) is 28.7 Å². The highest BCUT2D eigenvalue weighted by atomic mass is 16.5. The van der Waals surface area contributed by atoms with Crippen LogP contribution in [-0.2, 0) is 5.54 Å². The Labute approximate surface area is 178 Å². The van der Waals surface area contributed by atoms with Gasteiger partial charge in [-0.3, -0.25) is 9.78 Å². The van der Waals surface area contributed by atoms with Gasteiger partial charge in [0.2, 0.25) is 0 Å². The second-order valence-electron chi connectivity index (χ2n) is 8.06. The lowest BCUT2D eigenvalue weighted by atomic mass is 9.79. The van der Waals surface area contributed by atoms with E-state index in [1.165, 1.54) is 6.33 Å². The number of aryl methyl sites for hydroxylation is 1. The molecular weight excluding hydrogens is 394 g/mol. The monoisotopic (exact) mass is 417 g/mol. The molecule has 1 aliphatic heterocycles. The SMILES string of the molecule is Cc1cc(=Nc2cc(Nc3cccnc3)ncn2)n(O)c2c1C(=O)NC21CCCCC1. The molecule has 9 heteroatoms. The minimum Gasteiger partial charge on any atom is -0.427 e. The number of carbonyl (C=O) groups excluding carboxylic acids is 1. The van der Waals surface area contributed by atoms with Crippen molar-refractivity contribution in [3.63, 3.8) is 0 Å². The summed E-state index contributed by atoms with van der Waals surface area (Å²) in [5, 5.41) is 17.4. The minimum absolute atomic E-state index is 0.131. The lowest BCUT2D eigenvalue weighted by Gasteiger charge is -2.34. The maximum Gasteiger partial charge on any atom is 0.254 e. The number of anilines is 2. The first-order valence-corrected chi connectivity index (χ1v) is 10.4. The molecule has 31 heavy (non-hydrogen) atoms. The highest BCUT2D eigenvalue weighted by Gasteiger charge is 2.47. The minimum atomic E-state index is -0.533. The van der Waals surface area contributed by atoms with Gasteiger partial charge in [0, 0.05) is 12.3 Å². The molecule has 9 nitrogen and oxygen atoms in total. The van der Waals surface area contributed by atoms with Crippen LogP contribution in [0.25, 0.3) is 0 Å². The zero-order chi connectivity index (χ0) is 21.4. The molecular formula is C22H23N7O2. The van der Waals surface area contributed by atoms with Crippen molar-refractivity contribution < 1.29 is 10.0 Å². The van der Waals surface area contributed by atoms with Crippen LogP contribution < -0.4 is 16.1 Å². The fourth-order valence-corrected chi connectivity index (χ4v) is 4.58. The Morgan fingerprint density at radius 3 is 2.84 bits per heavy atom. The molecule has 1 fully saturated rings. The molecule has 0 unspecified atom stereocenters. The van der Waals surface area contributed by atoms with Crippen molar-refractivity contribution in [3.05, 3.63) is 65.3 Å². The van der Waals surface area contributed by atoms with Crippen molar-refractivity contribution in [2.75, 3.05) is 5.32 Å². The number of nitrogens with zero attached hydrogens (tertiary/aromatic N) is 5. The summed E-state index contributed by atoms with van der Waals surface area (Å²) >= 11 is 0. The highest BCUT2D eigenvalue weighted by molar-refractivity contribution is 6.00. The topological polar surface area (TPSA) is 117 Å². The molecule has 1 saturated carbocycles. The molecule has 1 amide bonds. The Hall–Kier alpha value is -3.75. The van der Waals surface area contributed by atoms with Crippen molar-refractivity contribution >= 4 is 23.2 Å². The maximum atomic E-state index is 12.7. The summed E-state index contributed by atoms with van der Waals surface area (Å²) in [4.78, 5) is 29.8. The number of pyridine rings is 2. The van der Waals surface area contributed by atoms with Gasteiger partial charge in [-0.05, 0) is 43.5 Å². The fraction of sp³-hybridized carbons (Fsp3) is 0.318. The standard InChI is InChI=1S/C22H23N7O2/c1-14-10-18(27-17-11-16(24-13-25-17)26-15-6-5-9-23-12-15)29(31)20-19(14)21(30)28-22(20)7-3-2-4-8-22/h5-6,9-13,31H,2-4,7-8H2,1H3,(H,28,30)(H,24,25,26). The van der Waals surface area contributed by atoms with Crippen molar-refractivity contribution in [1.29, 1.82) is 0 Å². The van der Waals surface area contributed by atoms with Crippen LogP contribution in [0.15, 0.2) is 48.0 Å². The van der Waals surface area contributed by atoms with E-state index in [0.29, 0.717) is 28.4 Å². The number of fused-ring (bicyclic) bond motifs is 2. The number of hydrogen-bond donors (Lipinski definition) is 3. The number of hydrogen-bond acceptors (Lipinski definition) is 7. The Balaban J connectivity index is 1.58. The fourth-order valence-electron chi connectivity index (χ4n) is 4.58. The van der Waals surface area contributed by atoms with E-state index in [-0.39, 0.29) is 5.91 Å². The number of nitrogens with one attached hydrogen (secondary N) is 2. The van der Waals surface area contributed by atoms with E-state index in [9.17, 15) is 10.0 Å². The van der Waals surface area contributed by atoms with E-state index in [1.54, 1.807) is 24.5 Å². The van der Waals surface area contributed by atoms with E-state index in [2.05, 4.69) is 30.6 Å². The van der Waals surface area contributed by atoms with Gasteiger partial charge in [-0.1, -0.05) is 19.3 Å². The first kappa shape index (κ1) is 19.2. The van der Waals surface area contributed by atoms with Crippen molar-refractivity contribution in [3.8, 4) is 0 Å². The van der Waals surface area contributed by atoms with E-state index >= 15 is 0 Å². The molecule has 0 aromatic carbocycles. The molecule has 1 spiro atoms. The molecule has 3 N–H and O–H groups in total. The smallest absolute Gasteiger partial charge is 0.254 e. The third-order valence-corrected chi connectivity index (χ3v) is 5.96. The average Bonchev–Trinajstić information content (AvgIpc) is 3.05. The summed E-state index contributed by atoms with van der Waals surface area (Å²) in [6.07, 6.45) is 9.57. The third-order valence-electron chi connectivity index (χ3n) is 5.96. The number of amides is 1. The van der Waals surface area contributed by atoms with Crippen LogP contribution in [0.1, 0.15) is 53.7 Å². The molecule has 4 heterocycles. The number of aromatic nitrogens is 4. The summed E-state index contributed by atoms with van der Waals surface area (Å²) in [6.45, 7) is 1.87. The first-order chi connectivity index (χ1) is 15.1. The van der Waals surface area contributed by atoms with Gasteiger partial charge in [0.25, 0.3) is 5.91 Å². The van der Waals surface area contributed by atoms with Gasteiger partial charge in [0.1, 0.15) is 12.1 Å². The molecule has 0 atom stereocenters. The largest absolute Gasteiger partial charge is 0.427 e. The number of carbonyl (C=O) groups is 1. The van der Waals surface area contributed by atoms with Crippen LogP contribution in [-0.4, -0.2) is 30.8 Å². The van der Waals surface area contributed by atoms with E-state index in [4.69, 9.17) is 0 Å². The Bertz CT molecular complexity index is 1210. The van der Waals surface area contributed by atoms with E-state index in [1.807, 2.05) is 19.1 Å². The summed E-state index contributed by atoms with van der Waals surface area (Å²) in [5.74, 6) is 0.817. The van der Waals surface area contributed by atoms with Gasteiger partial charge in [-0.25, -0.2) is 15.0 Å². The molecule has 0 saturated heterocycles. The van der Waals surface area contributed by atoms with E-state index in [0.717, 1.165) is 48.1 Å². The van der Waals surface area contributed by atoms with Crippen LogP contribution in [0.3, 0.4) is 0 Å². The lowest BCUT2D eigenvalue weighted by Crippen LogP contribution is -2.43. The van der Waals surface area contributed by atoms with Gasteiger partial charge in [0.15, 0.2) is 11.3 Å². The van der Waals surface area contributed by atoms with E-state index < -0.39 is 5.54 Å². The quantitative estimate of drug-likeness (QED) is 0.564. The predicted molar refractivity (Wildman–Crippen MR) is 113 cm³/mol. The molecule has 3 aromatic rings. The zero-order valence-electron chi connectivity index (χ0n) is 17.2. The lowest BCUT2D eigenvalue weighted by molar-refractivity contribution is 0.0892. The number of rotatable bonds is 3. The van der Waals surface area contributed by atoms with Gasteiger partial charge in [-0.15, -0.1) is 0 Å². The highest BCUT2D eigenvalue weighted by Crippen LogP contribution is 2.42. The van der Waals surface area contributed by atoms with Crippen LogP contribution in [0.4, 0.5) is 17.3 Å². The predicted octanol–water partition coefficient (Wildman–Crippen LogP) is 3.10. The summed E-state index contributed by atoms with van der Waals surface area (Å²) in [7, 11) is 0. The maximum absolute atomic E-state index is 12.7. The normalized spacial score (nSPS) is 17.5. The molecule has 2 aliphatic rings. The van der Waals surface area contributed by atoms with Crippen molar-refractivity contribution in [2.45, 2.75) is 44.6 Å².